The molecule has 0 bridgehead atoms. The van der Waals surface area contributed by atoms with Crippen molar-refractivity contribution in [2.75, 3.05) is 7.11 Å². The fourth-order valence-corrected chi connectivity index (χ4v) is 2.31. The third-order valence-corrected chi connectivity index (χ3v) is 3.13. The summed E-state index contributed by atoms with van der Waals surface area (Å²) in [5.41, 5.74) is 0.561. The summed E-state index contributed by atoms with van der Waals surface area (Å²) in [5, 5.41) is 0.900. The second-order valence-corrected chi connectivity index (χ2v) is 4.34. The lowest BCUT2D eigenvalue weighted by Gasteiger charge is -2.08. The van der Waals surface area contributed by atoms with Gasteiger partial charge in [-0.25, -0.2) is 9.19 Å². The summed E-state index contributed by atoms with van der Waals surface area (Å²) in [4.78, 5) is 4.27. The molecule has 2 rings (SSSR count). The molecule has 1 heterocycles. The van der Waals surface area contributed by atoms with E-state index in [-0.39, 0.29) is 4.90 Å². The molecule has 1 N–H and O–H groups in total. The van der Waals surface area contributed by atoms with Crippen molar-refractivity contribution in [1.82, 2.24) is 4.98 Å². The molecule has 6 heteroatoms. The van der Waals surface area contributed by atoms with Gasteiger partial charge in [-0.3, -0.25) is 0 Å². The molecule has 16 heavy (non-hydrogen) atoms. The van der Waals surface area contributed by atoms with Crippen LogP contribution in [0.1, 0.15) is 0 Å². The van der Waals surface area contributed by atoms with Crippen molar-refractivity contribution < 1.29 is 13.5 Å². The Morgan fingerprint density at radius 3 is 2.75 bits per heavy atom. The predicted molar refractivity (Wildman–Crippen MR) is 62.3 cm³/mol. The minimum atomic E-state index is -2.13. The standard InChI is InChI=1S/C10H8ClNO3S/c1-15-8-4-3-7-6(10(8)16(13)14)2-5-9(11)12-7/h2-5H,1H3,(H,13,14). The van der Waals surface area contributed by atoms with Gasteiger partial charge in [-0.15, -0.1) is 0 Å². The van der Waals surface area contributed by atoms with E-state index in [1.54, 1.807) is 24.3 Å². The second-order valence-electron chi connectivity index (χ2n) is 3.05. The van der Waals surface area contributed by atoms with Gasteiger partial charge in [-0.1, -0.05) is 11.6 Å². The van der Waals surface area contributed by atoms with Crippen molar-refractivity contribution in [2.24, 2.45) is 0 Å². The maximum Gasteiger partial charge on any atom is 0.191 e. The van der Waals surface area contributed by atoms with Crippen molar-refractivity contribution in [3.05, 3.63) is 29.4 Å². The molecule has 1 aromatic heterocycles. The molecular weight excluding hydrogens is 250 g/mol. The van der Waals surface area contributed by atoms with Crippen molar-refractivity contribution in [2.45, 2.75) is 4.90 Å². The summed E-state index contributed by atoms with van der Waals surface area (Å²) < 4.78 is 25.5. The van der Waals surface area contributed by atoms with Crippen LogP contribution in [-0.4, -0.2) is 20.9 Å². The van der Waals surface area contributed by atoms with E-state index in [4.69, 9.17) is 16.3 Å². The van der Waals surface area contributed by atoms with Crippen LogP contribution in [0.2, 0.25) is 5.15 Å². The third-order valence-electron chi connectivity index (χ3n) is 2.15. The average molecular weight is 258 g/mol. The van der Waals surface area contributed by atoms with E-state index in [1.807, 2.05) is 0 Å². The first-order chi connectivity index (χ1) is 7.63. The highest BCUT2D eigenvalue weighted by Gasteiger charge is 2.14. The lowest BCUT2D eigenvalue weighted by molar-refractivity contribution is 0.403. The van der Waals surface area contributed by atoms with Gasteiger partial charge in [-0.2, -0.15) is 0 Å². The van der Waals surface area contributed by atoms with Crippen LogP contribution in [0.4, 0.5) is 0 Å². The molecule has 4 nitrogen and oxygen atoms in total. The summed E-state index contributed by atoms with van der Waals surface area (Å²) in [7, 11) is 1.45. The number of ether oxygens (including phenoxy) is 1. The number of benzene rings is 1. The van der Waals surface area contributed by atoms with E-state index in [2.05, 4.69) is 4.98 Å². The van der Waals surface area contributed by atoms with Gasteiger partial charge in [0.05, 0.1) is 12.6 Å². The maximum absolute atomic E-state index is 11.2. The fraction of sp³-hybridized carbons (Fsp3) is 0.100. The summed E-state index contributed by atoms with van der Waals surface area (Å²) in [6, 6.07) is 6.50. The van der Waals surface area contributed by atoms with E-state index in [9.17, 15) is 8.76 Å². The van der Waals surface area contributed by atoms with Crippen molar-refractivity contribution in [3.8, 4) is 5.75 Å². The van der Waals surface area contributed by atoms with Crippen LogP contribution in [0.15, 0.2) is 29.2 Å². The molecule has 0 aliphatic carbocycles. The van der Waals surface area contributed by atoms with Crippen LogP contribution < -0.4 is 4.74 Å². The van der Waals surface area contributed by atoms with Gasteiger partial charge in [0.2, 0.25) is 0 Å². The van der Waals surface area contributed by atoms with E-state index >= 15 is 0 Å². The number of rotatable bonds is 2. The molecule has 0 amide bonds. The molecule has 2 aromatic rings. The normalized spacial score (nSPS) is 12.7. The highest BCUT2D eigenvalue weighted by molar-refractivity contribution is 7.79. The number of hydrogen-bond acceptors (Lipinski definition) is 3. The molecule has 1 aromatic carbocycles. The number of aromatic nitrogens is 1. The first kappa shape index (κ1) is 11.3. The molecule has 0 radical (unpaired) electrons. The first-order valence-corrected chi connectivity index (χ1v) is 5.86. The molecule has 0 spiro atoms. The number of methoxy groups -OCH3 is 1. The molecule has 0 saturated carbocycles. The van der Waals surface area contributed by atoms with E-state index in [0.29, 0.717) is 21.8 Å². The molecular formula is C10H8ClNO3S. The Hall–Kier alpha value is -1.17. The van der Waals surface area contributed by atoms with Gasteiger partial charge < -0.3 is 9.29 Å². The predicted octanol–water partition coefficient (Wildman–Crippen LogP) is 2.48. The number of pyridine rings is 1. The topological polar surface area (TPSA) is 59.4 Å². The lowest BCUT2D eigenvalue weighted by atomic mass is 10.2. The molecule has 1 atom stereocenters. The van der Waals surface area contributed by atoms with Crippen LogP contribution in [0, 0.1) is 0 Å². The highest BCUT2D eigenvalue weighted by atomic mass is 35.5. The lowest BCUT2D eigenvalue weighted by Crippen LogP contribution is -1.96. The van der Waals surface area contributed by atoms with E-state index in [0.717, 1.165) is 0 Å². The van der Waals surface area contributed by atoms with Gasteiger partial charge in [0.25, 0.3) is 0 Å². The molecule has 1 unspecified atom stereocenters. The largest absolute Gasteiger partial charge is 0.495 e. The second kappa shape index (κ2) is 4.37. The maximum atomic E-state index is 11.2. The number of hydrogen-bond donors (Lipinski definition) is 1. The Bertz CT molecular complexity index is 573. The van der Waals surface area contributed by atoms with Crippen molar-refractivity contribution in [3.63, 3.8) is 0 Å². The van der Waals surface area contributed by atoms with Gasteiger partial charge in [-0.05, 0) is 24.3 Å². The van der Waals surface area contributed by atoms with Crippen LogP contribution in [0.5, 0.6) is 5.75 Å². The first-order valence-electron chi connectivity index (χ1n) is 4.37. The Balaban J connectivity index is 2.84. The van der Waals surface area contributed by atoms with Crippen LogP contribution in [0.25, 0.3) is 10.9 Å². The van der Waals surface area contributed by atoms with Crippen molar-refractivity contribution >= 4 is 33.6 Å². The van der Waals surface area contributed by atoms with Crippen LogP contribution in [0.3, 0.4) is 0 Å². The van der Waals surface area contributed by atoms with Crippen LogP contribution >= 0.6 is 11.6 Å². The molecule has 84 valence electrons. The average Bonchev–Trinajstić information content (AvgIpc) is 2.26. The van der Waals surface area contributed by atoms with Gasteiger partial charge in [0.1, 0.15) is 15.8 Å². The fourth-order valence-electron chi connectivity index (χ4n) is 1.47. The zero-order chi connectivity index (χ0) is 11.7. The minimum absolute atomic E-state index is 0.212. The minimum Gasteiger partial charge on any atom is -0.495 e. The quantitative estimate of drug-likeness (QED) is 0.663. The monoisotopic (exact) mass is 257 g/mol. The summed E-state index contributed by atoms with van der Waals surface area (Å²) in [6.45, 7) is 0. The number of fused-ring (bicyclic) bond motifs is 1. The highest BCUT2D eigenvalue weighted by Crippen LogP contribution is 2.30. The van der Waals surface area contributed by atoms with Gasteiger partial charge in [0, 0.05) is 5.39 Å². The summed E-state index contributed by atoms with van der Waals surface area (Å²) >= 11 is 3.61. The Labute approximate surface area is 99.5 Å². The number of halogens is 1. The van der Waals surface area contributed by atoms with E-state index in [1.165, 1.54) is 7.11 Å². The number of nitrogens with zero attached hydrogens (tertiary/aromatic N) is 1. The van der Waals surface area contributed by atoms with Crippen molar-refractivity contribution in [1.29, 1.82) is 0 Å². The summed E-state index contributed by atoms with van der Waals surface area (Å²) in [5.74, 6) is 0.359. The molecule has 0 aliphatic rings. The Kier molecular flexibility index (Phi) is 3.09. The van der Waals surface area contributed by atoms with E-state index < -0.39 is 11.1 Å². The summed E-state index contributed by atoms with van der Waals surface area (Å²) in [6.07, 6.45) is 0. The van der Waals surface area contributed by atoms with Gasteiger partial charge in [0.15, 0.2) is 11.1 Å². The SMILES string of the molecule is COc1ccc2nc(Cl)ccc2c1S(=O)O. The smallest absolute Gasteiger partial charge is 0.191 e. The van der Waals surface area contributed by atoms with Gasteiger partial charge >= 0.3 is 0 Å². The molecule has 0 aliphatic heterocycles. The molecule has 0 fully saturated rings. The Morgan fingerprint density at radius 2 is 2.12 bits per heavy atom. The molecule has 0 saturated heterocycles. The zero-order valence-corrected chi connectivity index (χ0v) is 9.88. The zero-order valence-electron chi connectivity index (χ0n) is 8.31. The van der Waals surface area contributed by atoms with Crippen LogP contribution in [-0.2, 0) is 11.1 Å². The Morgan fingerprint density at radius 1 is 1.38 bits per heavy atom. The third kappa shape index (κ3) is 1.89.